The van der Waals surface area contributed by atoms with Gasteiger partial charge in [-0.15, -0.1) is 0 Å². The summed E-state index contributed by atoms with van der Waals surface area (Å²) in [5, 5.41) is 3.21. The van der Waals surface area contributed by atoms with E-state index in [0.717, 1.165) is 31.8 Å². The van der Waals surface area contributed by atoms with Gasteiger partial charge in [0.2, 0.25) is 5.91 Å². The summed E-state index contributed by atoms with van der Waals surface area (Å²) in [6.45, 7) is 3.36. The highest BCUT2D eigenvalue weighted by atomic mass is 32.2. The van der Waals surface area contributed by atoms with Gasteiger partial charge in [0.25, 0.3) is 0 Å². The Morgan fingerprint density at radius 2 is 2.05 bits per heavy atom. The Kier molecular flexibility index (Phi) is 5.64. The van der Waals surface area contributed by atoms with Crippen LogP contribution >= 0.6 is 11.8 Å². The molecule has 0 radical (unpaired) electrons. The first-order chi connectivity index (χ1) is 10.3. The van der Waals surface area contributed by atoms with Crippen LogP contribution in [-0.4, -0.2) is 48.0 Å². The lowest BCUT2D eigenvalue weighted by Crippen LogP contribution is -2.44. The first-order valence-corrected chi connectivity index (χ1v) is 9.73. The van der Waals surface area contributed by atoms with Crippen LogP contribution in [0.2, 0.25) is 0 Å². The summed E-state index contributed by atoms with van der Waals surface area (Å²) >= 11 is 2.10. The van der Waals surface area contributed by atoms with Crippen LogP contribution in [0.4, 0.5) is 0 Å². The van der Waals surface area contributed by atoms with E-state index in [2.05, 4.69) is 34.1 Å². The zero-order chi connectivity index (χ0) is 14.5. The van der Waals surface area contributed by atoms with Gasteiger partial charge < -0.3 is 5.32 Å². The van der Waals surface area contributed by atoms with Crippen molar-refractivity contribution in [2.45, 2.75) is 44.6 Å². The maximum Gasteiger partial charge on any atom is 0.223 e. The lowest BCUT2D eigenvalue weighted by molar-refractivity contribution is -0.125. The molecule has 3 nitrogen and oxygen atoms in total. The second-order valence-corrected chi connectivity index (χ2v) is 7.87. The van der Waals surface area contributed by atoms with Crippen LogP contribution in [0.5, 0.6) is 0 Å². The minimum Gasteiger partial charge on any atom is -0.356 e. The van der Waals surface area contributed by atoms with E-state index in [4.69, 9.17) is 0 Å². The highest BCUT2D eigenvalue weighted by molar-refractivity contribution is 7.99. The average molecular weight is 308 g/mol. The molecule has 0 aromatic carbocycles. The maximum atomic E-state index is 12.2. The van der Waals surface area contributed by atoms with E-state index < -0.39 is 0 Å². The van der Waals surface area contributed by atoms with Crippen LogP contribution in [0.15, 0.2) is 12.2 Å². The van der Waals surface area contributed by atoms with Crippen LogP contribution in [0.1, 0.15) is 38.5 Å². The number of allylic oxidation sites excluding steroid dienone is 2. The second kappa shape index (κ2) is 7.68. The molecule has 0 saturated carbocycles. The number of nitrogens with one attached hydrogen (secondary N) is 1. The molecule has 0 aromatic heterocycles. The summed E-state index contributed by atoms with van der Waals surface area (Å²) in [5.41, 5.74) is 0. The molecule has 0 spiro atoms. The van der Waals surface area contributed by atoms with E-state index in [1.807, 2.05) is 0 Å². The number of nitrogens with zero attached hydrogens (tertiary/aromatic N) is 1. The number of carbonyl (C=O) groups excluding carboxylic acids is 1. The molecule has 3 rings (SSSR count). The van der Waals surface area contributed by atoms with Gasteiger partial charge in [-0.05, 0) is 63.3 Å². The molecule has 3 aliphatic rings. The highest BCUT2D eigenvalue weighted by Crippen LogP contribution is 2.26. The molecule has 2 atom stereocenters. The van der Waals surface area contributed by atoms with Crippen LogP contribution in [0.25, 0.3) is 0 Å². The second-order valence-electron chi connectivity index (χ2n) is 6.72. The largest absolute Gasteiger partial charge is 0.356 e. The Morgan fingerprint density at radius 3 is 2.71 bits per heavy atom. The lowest BCUT2D eigenvalue weighted by Gasteiger charge is -2.35. The van der Waals surface area contributed by atoms with Crippen molar-refractivity contribution in [3.8, 4) is 0 Å². The molecule has 2 heterocycles. The average Bonchev–Trinajstić information content (AvgIpc) is 3.08. The van der Waals surface area contributed by atoms with Gasteiger partial charge >= 0.3 is 0 Å². The van der Waals surface area contributed by atoms with Gasteiger partial charge in [-0.2, -0.15) is 11.8 Å². The van der Waals surface area contributed by atoms with Crippen molar-refractivity contribution in [2.24, 2.45) is 11.8 Å². The van der Waals surface area contributed by atoms with Gasteiger partial charge in [-0.1, -0.05) is 12.2 Å². The number of hydrogen-bond donors (Lipinski definition) is 1. The Balaban J connectivity index is 1.35. The Morgan fingerprint density at radius 1 is 1.19 bits per heavy atom. The molecular formula is C17H28N2OS. The van der Waals surface area contributed by atoms with Gasteiger partial charge in [-0.25, -0.2) is 0 Å². The molecule has 2 aliphatic heterocycles. The molecule has 2 fully saturated rings. The predicted molar refractivity (Wildman–Crippen MR) is 89.5 cm³/mol. The Hall–Kier alpha value is -0.480. The summed E-state index contributed by atoms with van der Waals surface area (Å²) in [5.74, 6) is 3.88. The third-order valence-electron chi connectivity index (χ3n) is 5.28. The maximum absolute atomic E-state index is 12.2. The number of rotatable bonds is 4. The van der Waals surface area contributed by atoms with Gasteiger partial charge in [0.05, 0.1) is 0 Å². The summed E-state index contributed by atoms with van der Waals surface area (Å²) in [6, 6.07) is 0.833. The molecule has 4 heteroatoms. The van der Waals surface area contributed by atoms with Crippen molar-refractivity contribution in [1.82, 2.24) is 10.2 Å². The van der Waals surface area contributed by atoms with Crippen molar-refractivity contribution in [3.63, 3.8) is 0 Å². The molecule has 1 N–H and O–H groups in total. The molecule has 0 unspecified atom stereocenters. The number of carbonyl (C=O) groups is 1. The number of likely N-dealkylation sites (tertiary alicyclic amines) is 1. The number of thioether (sulfide) groups is 1. The molecule has 2 saturated heterocycles. The minimum atomic E-state index is 0.227. The van der Waals surface area contributed by atoms with Crippen LogP contribution in [-0.2, 0) is 4.79 Å². The van der Waals surface area contributed by atoms with Crippen molar-refractivity contribution >= 4 is 17.7 Å². The first kappa shape index (κ1) is 15.4. The topological polar surface area (TPSA) is 32.3 Å². The molecule has 1 amide bonds. The molecular weight excluding hydrogens is 280 g/mol. The fourth-order valence-electron chi connectivity index (χ4n) is 3.75. The molecule has 1 aliphatic carbocycles. The van der Waals surface area contributed by atoms with Gasteiger partial charge in [0.1, 0.15) is 0 Å². The minimum absolute atomic E-state index is 0.227. The standard InChI is InChI=1S/C17H28N2OS/c20-17(15-4-2-1-3-5-15)18-12-14-6-9-19(10-7-14)16-8-11-21-13-16/h1-2,14-16H,3-13H2,(H,18,20)/t15-,16+/m1/s1. The summed E-state index contributed by atoms with van der Waals surface area (Å²) < 4.78 is 0. The van der Waals surface area contributed by atoms with E-state index in [0.29, 0.717) is 5.92 Å². The van der Waals surface area contributed by atoms with Crippen molar-refractivity contribution in [3.05, 3.63) is 12.2 Å². The Labute approximate surface area is 132 Å². The monoisotopic (exact) mass is 308 g/mol. The quantitative estimate of drug-likeness (QED) is 0.811. The summed E-state index contributed by atoms with van der Waals surface area (Å²) in [7, 11) is 0. The molecule has 0 aromatic rings. The van der Waals surface area contributed by atoms with Crippen LogP contribution in [0.3, 0.4) is 0 Å². The van der Waals surface area contributed by atoms with E-state index in [1.54, 1.807) is 0 Å². The smallest absolute Gasteiger partial charge is 0.223 e. The normalized spacial score (nSPS) is 31.4. The number of hydrogen-bond acceptors (Lipinski definition) is 3. The van der Waals surface area contributed by atoms with E-state index in [1.165, 1.54) is 43.9 Å². The van der Waals surface area contributed by atoms with E-state index in [-0.39, 0.29) is 11.8 Å². The first-order valence-electron chi connectivity index (χ1n) is 8.57. The molecule has 0 bridgehead atoms. The SMILES string of the molecule is O=C(NCC1CCN([C@H]2CCSC2)CC1)[C@@H]1CC=CCC1. The molecule has 118 valence electrons. The zero-order valence-electron chi connectivity index (χ0n) is 12.9. The van der Waals surface area contributed by atoms with Crippen molar-refractivity contribution in [2.75, 3.05) is 31.1 Å². The summed E-state index contributed by atoms with van der Waals surface area (Å²) in [4.78, 5) is 14.8. The third-order valence-corrected chi connectivity index (χ3v) is 6.42. The zero-order valence-corrected chi connectivity index (χ0v) is 13.7. The predicted octanol–water partition coefficient (Wildman–Crippen LogP) is 2.68. The lowest BCUT2D eigenvalue weighted by atomic mass is 9.92. The van der Waals surface area contributed by atoms with Gasteiger partial charge in [-0.3, -0.25) is 9.69 Å². The number of piperidine rings is 1. The van der Waals surface area contributed by atoms with Crippen molar-refractivity contribution < 1.29 is 4.79 Å². The van der Waals surface area contributed by atoms with Crippen LogP contribution < -0.4 is 5.32 Å². The molecule has 21 heavy (non-hydrogen) atoms. The van der Waals surface area contributed by atoms with Gasteiger partial charge in [0.15, 0.2) is 0 Å². The number of amides is 1. The fourth-order valence-corrected chi connectivity index (χ4v) is 5.01. The fraction of sp³-hybridized carbons (Fsp3) is 0.824. The van der Waals surface area contributed by atoms with E-state index in [9.17, 15) is 4.79 Å². The summed E-state index contributed by atoms with van der Waals surface area (Å²) in [6.07, 6.45) is 11.3. The highest BCUT2D eigenvalue weighted by Gasteiger charge is 2.28. The van der Waals surface area contributed by atoms with E-state index >= 15 is 0 Å². The van der Waals surface area contributed by atoms with Crippen LogP contribution in [0, 0.1) is 11.8 Å². The van der Waals surface area contributed by atoms with Crippen molar-refractivity contribution in [1.29, 1.82) is 0 Å². The van der Waals surface area contributed by atoms with Gasteiger partial charge in [0, 0.05) is 24.3 Å². The Bertz CT molecular complexity index is 371. The third kappa shape index (κ3) is 4.26.